The quantitative estimate of drug-likeness (QED) is 0.794. The van der Waals surface area contributed by atoms with E-state index < -0.39 is 0 Å². The van der Waals surface area contributed by atoms with Gasteiger partial charge in [0.1, 0.15) is 0 Å². The van der Waals surface area contributed by atoms with Crippen LogP contribution in [-0.2, 0) is 4.74 Å². The van der Waals surface area contributed by atoms with Crippen LogP contribution in [0.1, 0.15) is 24.8 Å². The van der Waals surface area contributed by atoms with Crippen LogP contribution in [0.2, 0.25) is 0 Å². The predicted molar refractivity (Wildman–Crippen MR) is 72.9 cm³/mol. The van der Waals surface area contributed by atoms with Gasteiger partial charge in [-0.1, -0.05) is 6.07 Å². The molecule has 3 nitrogen and oxygen atoms in total. The molecule has 16 heavy (non-hydrogen) atoms. The molecule has 90 valence electrons. The number of ether oxygens (including phenoxy) is 1. The van der Waals surface area contributed by atoms with Gasteiger partial charge < -0.3 is 15.4 Å². The minimum absolute atomic E-state index is 0.223. The van der Waals surface area contributed by atoms with Gasteiger partial charge in [0.05, 0.1) is 12.6 Å². The van der Waals surface area contributed by atoms with Gasteiger partial charge in [-0.3, -0.25) is 0 Å². The van der Waals surface area contributed by atoms with E-state index in [0.29, 0.717) is 11.7 Å². The van der Waals surface area contributed by atoms with Crippen LogP contribution in [-0.4, -0.2) is 24.9 Å². The van der Waals surface area contributed by atoms with Crippen molar-refractivity contribution < 1.29 is 4.74 Å². The number of hydrogen-bond acceptors (Lipinski definition) is 3. The molecule has 0 saturated heterocycles. The molecular formula is C11H18N2OS2. The minimum Gasteiger partial charge on any atom is -0.383 e. The second kappa shape index (κ2) is 6.83. The Kier molecular flexibility index (Phi) is 5.73. The largest absolute Gasteiger partial charge is 0.383 e. The van der Waals surface area contributed by atoms with Crippen molar-refractivity contribution in [2.45, 2.75) is 25.9 Å². The molecule has 1 aromatic heterocycles. The molecule has 0 aliphatic rings. The van der Waals surface area contributed by atoms with E-state index in [1.165, 1.54) is 4.88 Å². The van der Waals surface area contributed by atoms with E-state index in [0.717, 1.165) is 0 Å². The number of rotatable bonds is 5. The molecule has 1 aromatic rings. The maximum atomic E-state index is 5.22. The van der Waals surface area contributed by atoms with Gasteiger partial charge in [0.25, 0.3) is 0 Å². The highest BCUT2D eigenvalue weighted by molar-refractivity contribution is 7.80. The van der Waals surface area contributed by atoms with Crippen LogP contribution in [0.25, 0.3) is 0 Å². The van der Waals surface area contributed by atoms with Crippen LogP contribution in [0.3, 0.4) is 0 Å². The molecular weight excluding hydrogens is 240 g/mol. The van der Waals surface area contributed by atoms with Crippen molar-refractivity contribution in [3.63, 3.8) is 0 Å². The van der Waals surface area contributed by atoms with Crippen LogP contribution in [0.5, 0.6) is 0 Å². The summed E-state index contributed by atoms with van der Waals surface area (Å²) < 4.78 is 5.03. The van der Waals surface area contributed by atoms with Crippen molar-refractivity contribution in [3.8, 4) is 0 Å². The molecule has 0 aliphatic heterocycles. The SMILES string of the molecule is COCC(C)NC(=S)NC(C)c1cccs1. The van der Waals surface area contributed by atoms with E-state index in [9.17, 15) is 0 Å². The summed E-state index contributed by atoms with van der Waals surface area (Å²) in [6, 6.07) is 4.61. The summed E-state index contributed by atoms with van der Waals surface area (Å²) in [5, 5.41) is 9.16. The second-order valence-corrected chi connectivity index (χ2v) is 5.10. The number of nitrogens with one attached hydrogen (secondary N) is 2. The first-order valence-corrected chi connectivity index (χ1v) is 6.51. The lowest BCUT2D eigenvalue weighted by molar-refractivity contribution is 0.179. The van der Waals surface area contributed by atoms with Crippen molar-refractivity contribution in [1.82, 2.24) is 10.6 Å². The molecule has 0 radical (unpaired) electrons. The van der Waals surface area contributed by atoms with E-state index in [1.54, 1.807) is 18.4 Å². The third kappa shape index (κ3) is 4.47. The molecule has 2 unspecified atom stereocenters. The van der Waals surface area contributed by atoms with E-state index in [2.05, 4.69) is 29.0 Å². The van der Waals surface area contributed by atoms with Gasteiger partial charge >= 0.3 is 0 Å². The van der Waals surface area contributed by atoms with Crippen molar-refractivity contribution in [2.24, 2.45) is 0 Å². The topological polar surface area (TPSA) is 33.3 Å². The van der Waals surface area contributed by atoms with Crippen LogP contribution < -0.4 is 10.6 Å². The van der Waals surface area contributed by atoms with E-state index in [4.69, 9.17) is 17.0 Å². The smallest absolute Gasteiger partial charge is 0.167 e. The normalized spacial score (nSPS) is 14.2. The van der Waals surface area contributed by atoms with E-state index in [1.807, 2.05) is 13.0 Å². The molecule has 0 bridgehead atoms. The maximum absolute atomic E-state index is 5.22. The number of methoxy groups -OCH3 is 1. The van der Waals surface area contributed by atoms with Crippen molar-refractivity contribution in [2.75, 3.05) is 13.7 Å². The zero-order chi connectivity index (χ0) is 12.0. The minimum atomic E-state index is 0.223. The molecule has 0 aromatic carbocycles. The average Bonchev–Trinajstić information content (AvgIpc) is 2.69. The van der Waals surface area contributed by atoms with Gasteiger partial charge in [-0.2, -0.15) is 0 Å². The van der Waals surface area contributed by atoms with Gasteiger partial charge in [0, 0.05) is 18.0 Å². The Balaban J connectivity index is 2.34. The Morgan fingerprint density at radius 1 is 1.50 bits per heavy atom. The first-order chi connectivity index (χ1) is 7.63. The molecule has 1 rings (SSSR count). The van der Waals surface area contributed by atoms with Crippen LogP contribution in [0.4, 0.5) is 0 Å². The molecule has 0 fully saturated rings. The fraction of sp³-hybridized carbons (Fsp3) is 0.545. The summed E-state index contributed by atoms with van der Waals surface area (Å²) in [5.41, 5.74) is 0. The third-order valence-corrected chi connectivity index (χ3v) is 3.40. The molecule has 2 N–H and O–H groups in total. The zero-order valence-electron chi connectivity index (χ0n) is 9.82. The number of thiocarbonyl (C=S) groups is 1. The number of thiophene rings is 1. The highest BCUT2D eigenvalue weighted by atomic mass is 32.1. The standard InChI is InChI=1S/C11H18N2OS2/c1-8(7-14-3)12-11(15)13-9(2)10-5-4-6-16-10/h4-6,8-9H,7H2,1-3H3,(H2,12,13,15). The lowest BCUT2D eigenvalue weighted by atomic mass is 10.3. The van der Waals surface area contributed by atoms with Gasteiger partial charge in [0.2, 0.25) is 0 Å². The lowest BCUT2D eigenvalue weighted by Crippen LogP contribution is -2.43. The van der Waals surface area contributed by atoms with Crippen molar-refractivity contribution >= 4 is 28.7 Å². The number of hydrogen-bond donors (Lipinski definition) is 2. The molecule has 0 aliphatic carbocycles. The molecule has 2 atom stereocenters. The Hall–Kier alpha value is -0.650. The average molecular weight is 258 g/mol. The van der Waals surface area contributed by atoms with Crippen molar-refractivity contribution in [1.29, 1.82) is 0 Å². The summed E-state index contributed by atoms with van der Waals surface area (Å²) in [7, 11) is 1.68. The lowest BCUT2D eigenvalue weighted by Gasteiger charge is -2.19. The summed E-state index contributed by atoms with van der Waals surface area (Å²) in [4.78, 5) is 1.28. The maximum Gasteiger partial charge on any atom is 0.167 e. The monoisotopic (exact) mass is 258 g/mol. The van der Waals surface area contributed by atoms with Crippen LogP contribution in [0.15, 0.2) is 17.5 Å². The summed E-state index contributed by atoms with van der Waals surface area (Å²) in [5.74, 6) is 0. The summed E-state index contributed by atoms with van der Waals surface area (Å²) in [6.45, 7) is 4.78. The highest BCUT2D eigenvalue weighted by Gasteiger charge is 2.09. The van der Waals surface area contributed by atoms with Gasteiger partial charge in [-0.15, -0.1) is 11.3 Å². The molecule has 1 heterocycles. The van der Waals surface area contributed by atoms with Crippen LogP contribution in [0, 0.1) is 0 Å². The molecule has 5 heteroatoms. The van der Waals surface area contributed by atoms with E-state index in [-0.39, 0.29) is 12.1 Å². The Bertz CT molecular complexity index is 314. The summed E-state index contributed by atoms with van der Waals surface area (Å²) >= 11 is 6.95. The van der Waals surface area contributed by atoms with Crippen molar-refractivity contribution in [3.05, 3.63) is 22.4 Å². The van der Waals surface area contributed by atoms with Gasteiger partial charge in [0.15, 0.2) is 5.11 Å². The zero-order valence-corrected chi connectivity index (χ0v) is 11.5. The van der Waals surface area contributed by atoms with Crippen LogP contribution >= 0.6 is 23.6 Å². The molecule has 0 spiro atoms. The summed E-state index contributed by atoms with van der Waals surface area (Å²) in [6.07, 6.45) is 0. The Morgan fingerprint density at radius 3 is 2.81 bits per heavy atom. The Morgan fingerprint density at radius 2 is 2.25 bits per heavy atom. The fourth-order valence-electron chi connectivity index (χ4n) is 1.36. The first kappa shape index (κ1) is 13.4. The van der Waals surface area contributed by atoms with Gasteiger partial charge in [-0.05, 0) is 37.5 Å². The fourth-order valence-corrected chi connectivity index (χ4v) is 2.47. The third-order valence-electron chi connectivity index (χ3n) is 2.11. The van der Waals surface area contributed by atoms with Gasteiger partial charge in [-0.25, -0.2) is 0 Å². The molecule has 0 saturated carbocycles. The highest BCUT2D eigenvalue weighted by Crippen LogP contribution is 2.17. The predicted octanol–water partition coefficient (Wildman–Crippen LogP) is 2.31. The Labute approximate surface area is 106 Å². The van der Waals surface area contributed by atoms with E-state index >= 15 is 0 Å². The first-order valence-electron chi connectivity index (χ1n) is 5.23. The molecule has 0 amide bonds. The second-order valence-electron chi connectivity index (χ2n) is 3.71.